The first-order valence-corrected chi connectivity index (χ1v) is 18.3. The molecule has 14 nitrogen and oxygen atoms in total. The van der Waals surface area contributed by atoms with E-state index in [1.807, 2.05) is 31.3 Å². The van der Waals surface area contributed by atoms with E-state index in [4.69, 9.17) is 0 Å². The van der Waals surface area contributed by atoms with Crippen LogP contribution in [0.4, 0.5) is 11.4 Å². The summed E-state index contributed by atoms with van der Waals surface area (Å²) in [5.41, 5.74) is 3.69. The lowest BCUT2D eigenvalue weighted by molar-refractivity contribution is -0.136. The number of nitrogens with zero attached hydrogens (tertiary/aromatic N) is 4. The number of piperidine rings is 2. The molecule has 52 heavy (non-hydrogen) atoms. The quantitative estimate of drug-likeness (QED) is 0.121. The summed E-state index contributed by atoms with van der Waals surface area (Å²) >= 11 is 3.37. The van der Waals surface area contributed by atoms with Gasteiger partial charge < -0.3 is 20.9 Å². The van der Waals surface area contributed by atoms with Crippen LogP contribution in [-0.2, 0) is 16.6 Å². The number of benzene rings is 2. The lowest BCUT2D eigenvalue weighted by Gasteiger charge is -2.36. The smallest absolute Gasteiger partial charge is 0.282 e. The lowest BCUT2D eigenvalue weighted by Crippen LogP contribution is -2.54. The summed E-state index contributed by atoms with van der Waals surface area (Å²) in [5, 5.41) is 16.1. The molecule has 2 saturated heterocycles. The Morgan fingerprint density at radius 3 is 2.40 bits per heavy atom. The Balaban J connectivity index is 0.000000202. The van der Waals surface area contributed by atoms with Crippen LogP contribution in [0.1, 0.15) is 81.1 Å². The number of anilines is 2. The van der Waals surface area contributed by atoms with Gasteiger partial charge in [0.2, 0.25) is 11.8 Å². The van der Waals surface area contributed by atoms with Crippen LogP contribution in [0.3, 0.4) is 0 Å². The average Bonchev–Trinajstić information content (AvgIpc) is 3.39. The van der Waals surface area contributed by atoms with E-state index in [0.717, 1.165) is 62.2 Å². The van der Waals surface area contributed by atoms with E-state index in [1.54, 1.807) is 31.4 Å². The highest BCUT2D eigenvalue weighted by atomic mass is 79.9. The Bertz CT molecular complexity index is 1870. The van der Waals surface area contributed by atoms with E-state index in [1.165, 1.54) is 10.2 Å². The van der Waals surface area contributed by atoms with Crippen molar-refractivity contribution < 1.29 is 24.0 Å². The monoisotopic (exact) mass is 776 g/mol. The van der Waals surface area contributed by atoms with E-state index in [9.17, 15) is 28.8 Å². The van der Waals surface area contributed by atoms with E-state index in [2.05, 4.69) is 54.2 Å². The van der Waals surface area contributed by atoms with Gasteiger partial charge in [-0.15, -0.1) is 0 Å². The minimum atomic E-state index is -0.940. The number of fused-ring (bicyclic) bond motifs is 1. The van der Waals surface area contributed by atoms with Gasteiger partial charge >= 0.3 is 0 Å². The number of aryl methyl sites for hydroxylation is 1. The molecule has 3 aliphatic heterocycles. The molecule has 3 unspecified atom stereocenters. The summed E-state index contributed by atoms with van der Waals surface area (Å²) in [4.78, 5) is 75.2. The SMILES string of the molecule is CN1CC(Nc2cnn(C)c(=O)c2Br)CC(c2ccc(C=O)cc2)C1.CNCCCCCNc1cccc2c1C(=O)N(C1CCC(=O)NC1=O)C2=O. The van der Waals surface area contributed by atoms with E-state index in [0.29, 0.717) is 39.3 Å². The van der Waals surface area contributed by atoms with Gasteiger partial charge in [-0.25, -0.2) is 4.68 Å². The zero-order valence-electron chi connectivity index (χ0n) is 29.6. The van der Waals surface area contributed by atoms with Crippen LogP contribution in [0, 0.1) is 0 Å². The van der Waals surface area contributed by atoms with Crippen LogP contribution in [0.2, 0.25) is 0 Å². The van der Waals surface area contributed by atoms with Gasteiger partial charge in [0.25, 0.3) is 17.4 Å². The molecular weight excluding hydrogens is 732 g/mol. The Hall–Kier alpha value is -4.73. The summed E-state index contributed by atoms with van der Waals surface area (Å²) < 4.78 is 1.81. The van der Waals surface area contributed by atoms with Crippen molar-refractivity contribution >= 4 is 57.2 Å². The van der Waals surface area contributed by atoms with Gasteiger partial charge in [-0.05, 0) is 85.9 Å². The van der Waals surface area contributed by atoms with Gasteiger partial charge in [0.05, 0.1) is 23.0 Å². The van der Waals surface area contributed by atoms with Crippen molar-refractivity contribution in [3.63, 3.8) is 0 Å². The van der Waals surface area contributed by atoms with Crippen LogP contribution < -0.4 is 26.8 Å². The first-order valence-electron chi connectivity index (χ1n) is 17.5. The summed E-state index contributed by atoms with van der Waals surface area (Å²) in [6, 6.07) is 12.1. The number of halogens is 1. The van der Waals surface area contributed by atoms with Gasteiger partial charge in [-0.2, -0.15) is 5.10 Å². The fourth-order valence-electron chi connectivity index (χ4n) is 6.83. The van der Waals surface area contributed by atoms with Crippen LogP contribution in [-0.4, -0.2) is 102 Å². The number of unbranched alkanes of at least 4 members (excludes halogenated alkanes) is 2. The molecule has 3 aromatic rings. The highest BCUT2D eigenvalue weighted by molar-refractivity contribution is 9.10. The Morgan fingerprint density at radius 1 is 0.942 bits per heavy atom. The predicted octanol–water partition coefficient (Wildman–Crippen LogP) is 3.14. The average molecular weight is 778 g/mol. The molecule has 3 atom stereocenters. The Kier molecular flexibility index (Phi) is 13.1. The Morgan fingerprint density at radius 2 is 1.69 bits per heavy atom. The Labute approximate surface area is 310 Å². The van der Waals surface area contributed by atoms with Gasteiger partial charge in [-0.1, -0.05) is 36.8 Å². The molecule has 0 bridgehead atoms. The van der Waals surface area contributed by atoms with Crippen LogP contribution in [0.15, 0.2) is 57.9 Å². The number of carbonyl (C=O) groups is 5. The molecule has 4 N–H and O–H groups in total. The van der Waals surface area contributed by atoms with E-state index >= 15 is 0 Å². The second-order valence-electron chi connectivity index (χ2n) is 13.3. The number of aromatic nitrogens is 2. The van der Waals surface area contributed by atoms with Crippen molar-refractivity contribution in [3.8, 4) is 0 Å². The number of carbonyl (C=O) groups excluding carboxylic acids is 5. The zero-order valence-corrected chi connectivity index (χ0v) is 31.2. The highest BCUT2D eigenvalue weighted by Crippen LogP contribution is 2.33. The zero-order chi connectivity index (χ0) is 37.4. The maximum atomic E-state index is 12.9. The van der Waals surface area contributed by atoms with Crippen molar-refractivity contribution in [2.75, 3.05) is 50.9 Å². The first kappa shape index (κ1) is 38.5. The van der Waals surface area contributed by atoms with Crippen molar-refractivity contribution in [1.82, 2.24) is 30.2 Å². The largest absolute Gasteiger partial charge is 0.384 e. The molecule has 6 rings (SSSR count). The van der Waals surface area contributed by atoms with E-state index in [-0.39, 0.29) is 30.3 Å². The summed E-state index contributed by atoms with van der Waals surface area (Å²) in [6.45, 7) is 3.52. The molecule has 2 fully saturated rings. The number of likely N-dealkylation sites (tertiary alicyclic amines) is 1. The molecule has 4 heterocycles. The lowest BCUT2D eigenvalue weighted by atomic mass is 9.88. The predicted molar refractivity (Wildman–Crippen MR) is 201 cm³/mol. The van der Waals surface area contributed by atoms with Gasteiger partial charge in [-0.3, -0.25) is 39.0 Å². The first-order chi connectivity index (χ1) is 25.0. The van der Waals surface area contributed by atoms with Crippen LogP contribution in [0.25, 0.3) is 0 Å². The van der Waals surface area contributed by atoms with Gasteiger partial charge in [0.1, 0.15) is 16.8 Å². The molecule has 15 heteroatoms. The third-order valence-corrected chi connectivity index (χ3v) is 10.3. The number of hydrogen-bond donors (Lipinski definition) is 4. The molecule has 0 spiro atoms. The highest BCUT2D eigenvalue weighted by Gasteiger charge is 2.45. The number of hydrogen-bond acceptors (Lipinski definition) is 11. The summed E-state index contributed by atoms with van der Waals surface area (Å²) in [5.74, 6) is -1.58. The third kappa shape index (κ3) is 9.00. The molecule has 0 saturated carbocycles. The topological polar surface area (TPSA) is 175 Å². The van der Waals surface area contributed by atoms with Crippen molar-refractivity contribution in [3.05, 3.63) is 85.7 Å². The van der Waals surface area contributed by atoms with Gasteiger partial charge in [0, 0.05) is 50.4 Å². The number of likely N-dealkylation sites (N-methyl/N-ethyl adjacent to an activating group) is 1. The molecule has 3 aliphatic rings. The number of nitrogens with one attached hydrogen (secondary N) is 4. The van der Waals surface area contributed by atoms with Gasteiger partial charge in [0.15, 0.2) is 0 Å². The molecule has 0 radical (unpaired) electrons. The molecule has 276 valence electrons. The summed E-state index contributed by atoms with van der Waals surface area (Å²) in [6.07, 6.45) is 6.84. The number of aldehydes is 1. The maximum absolute atomic E-state index is 12.9. The molecule has 1 aromatic heterocycles. The number of rotatable bonds is 12. The van der Waals surface area contributed by atoms with Crippen molar-refractivity contribution in [1.29, 1.82) is 0 Å². The van der Waals surface area contributed by atoms with Crippen LogP contribution in [0.5, 0.6) is 0 Å². The normalized spacial score (nSPS) is 20.2. The molecular formula is C37H45BrN8O6. The van der Waals surface area contributed by atoms with Crippen molar-refractivity contribution in [2.24, 2.45) is 7.05 Å². The number of amides is 4. The maximum Gasteiger partial charge on any atom is 0.282 e. The van der Waals surface area contributed by atoms with E-state index < -0.39 is 23.8 Å². The third-order valence-electron chi connectivity index (χ3n) is 9.50. The minimum Gasteiger partial charge on any atom is -0.384 e. The second kappa shape index (κ2) is 17.7. The fraction of sp³-hybridized carbons (Fsp3) is 0.432. The van der Waals surface area contributed by atoms with Crippen molar-refractivity contribution in [2.45, 2.75) is 56.5 Å². The molecule has 4 amide bonds. The fourth-order valence-corrected chi connectivity index (χ4v) is 7.31. The molecule has 0 aliphatic carbocycles. The summed E-state index contributed by atoms with van der Waals surface area (Å²) in [7, 11) is 5.64. The minimum absolute atomic E-state index is 0.113. The van der Waals surface area contributed by atoms with Crippen LogP contribution >= 0.6 is 15.9 Å². The second-order valence-corrected chi connectivity index (χ2v) is 14.1. The standard InChI is InChI=1S/C19H24N4O4.C18H21BrN4O2/c1-20-10-3-2-4-11-21-13-7-5-6-12-16(13)19(27)23(18(12)26)14-8-9-15(24)22-17(14)25;1-22-9-14(13-5-3-12(11-24)4-6-13)7-15(10-22)21-16-8-20-23(2)18(25)17(16)19/h5-7,14,20-21H,2-4,8-11H2,1H3,(H,22,24,25);3-6,8,11,14-15,21H,7,9-10H2,1-2H3. The number of imide groups is 2. The molecule has 2 aromatic carbocycles.